The number of anilines is 1. The van der Waals surface area contributed by atoms with Gasteiger partial charge in [-0.25, -0.2) is 9.50 Å². The third-order valence-corrected chi connectivity index (χ3v) is 10.7. The smallest absolute Gasteiger partial charge is 0.342 e. The largest absolute Gasteiger partial charge is 0.387 e. The third kappa shape index (κ3) is 7.77. The van der Waals surface area contributed by atoms with Crippen molar-refractivity contribution in [3.63, 3.8) is 0 Å². The van der Waals surface area contributed by atoms with Crippen LogP contribution in [0.3, 0.4) is 0 Å². The van der Waals surface area contributed by atoms with Gasteiger partial charge in [-0.05, 0) is 24.4 Å². The second kappa shape index (κ2) is 13.4. The zero-order valence-corrected chi connectivity index (χ0v) is 24.3. The second-order valence-electron chi connectivity index (χ2n) is 9.60. The topological polar surface area (TPSA) is 216 Å². The first-order valence-corrected chi connectivity index (χ1v) is 16.5. The lowest BCUT2D eigenvalue weighted by atomic mass is 9.93. The van der Waals surface area contributed by atoms with Crippen LogP contribution in [-0.4, -0.2) is 110 Å². The van der Waals surface area contributed by atoms with Crippen LogP contribution in [-0.2, 0) is 38.0 Å². The van der Waals surface area contributed by atoms with Crippen molar-refractivity contribution in [2.24, 2.45) is 0 Å². The van der Waals surface area contributed by atoms with E-state index < -0.39 is 52.1 Å². The molecule has 19 heteroatoms. The number of aliphatic hydroxyl groups is 2. The van der Waals surface area contributed by atoms with Gasteiger partial charge in [-0.1, -0.05) is 12.8 Å². The van der Waals surface area contributed by atoms with Gasteiger partial charge in [0, 0.05) is 13.2 Å². The molecule has 40 heavy (non-hydrogen) atoms. The molecule has 0 aromatic carbocycles. The summed E-state index contributed by atoms with van der Waals surface area (Å²) in [6.07, 6.45) is 2.57. The highest BCUT2D eigenvalue weighted by Crippen LogP contribution is 2.59. The SMILES string of the molecule is COCCOCCOP(=O)(CP(=O)(O)O)OC[C@H]1OC[C@@](O)(c2cnc3c(NC4CCCC4)nc(Cl)nn23)[C@@H]1O. The molecule has 1 saturated heterocycles. The molecule has 4 rings (SSSR count). The number of fused-ring (bicyclic) bond motifs is 1. The van der Waals surface area contributed by atoms with E-state index in [-0.39, 0.29) is 36.8 Å². The van der Waals surface area contributed by atoms with Crippen LogP contribution in [0.25, 0.3) is 5.65 Å². The fourth-order valence-electron chi connectivity index (χ4n) is 4.61. The number of imidazole rings is 1. The standard InChI is InChI=1S/C21H34ClN5O11P2/c1-34-6-7-35-8-9-37-40(33,13-39(30,31)32)38-11-15-17(28)21(29,12-36-15)16-10-23-19-18(24-14-4-2-3-5-14)25-20(22)26-27(16)19/h10,14-15,17,28-29H,2-9,11-13H2,1H3,(H,24,25,26)(H2,30,31,32)/t15-,17-,21-,40?/m1/s1. The zero-order chi connectivity index (χ0) is 29.0. The highest BCUT2D eigenvalue weighted by molar-refractivity contribution is 7.70. The highest BCUT2D eigenvalue weighted by atomic mass is 35.5. The Morgan fingerprint density at radius 3 is 2.62 bits per heavy atom. The van der Waals surface area contributed by atoms with Gasteiger partial charge in [-0.2, -0.15) is 4.98 Å². The number of hydrogen-bond donors (Lipinski definition) is 5. The number of halogens is 1. The number of aromatic nitrogens is 4. The maximum atomic E-state index is 13.1. The van der Waals surface area contributed by atoms with Crippen molar-refractivity contribution in [2.75, 3.05) is 58.0 Å². The van der Waals surface area contributed by atoms with Gasteiger partial charge in [0.15, 0.2) is 23.0 Å². The van der Waals surface area contributed by atoms with Crippen LogP contribution in [0.5, 0.6) is 0 Å². The molecule has 0 radical (unpaired) electrons. The lowest BCUT2D eigenvalue weighted by molar-refractivity contribution is -0.0626. The second-order valence-corrected chi connectivity index (χ2v) is 14.1. The third-order valence-electron chi connectivity index (χ3n) is 6.58. The van der Waals surface area contributed by atoms with Crippen molar-refractivity contribution < 1.29 is 52.4 Å². The summed E-state index contributed by atoms with van der Waals surface area (Å²) in [5.74, 6) is -0.804. The number of methoxy groups -OCH3 is 1. The van der Waals surface area contributed by atoms with Gasteiger partial charge in [-0.3, -0.25) is 9.13 Å². The molecule has 1 aliphatic heterocycles. The molecule has 2 aliphatic rings. The van der Waals surface area contributed by atoms with Crippen LogP contribution < -0.4 is 5.32 Å². The normalized spacial score (nSPS) is 25.6. The van der Waals surface area contributed by atoms with E-state index in [0.717, 1.165) is 25.7 Å². The Labute approximate surface area is 235 Å². The molecule has 2 aromatic rings. The number of nitrogens with one attached hydrogen (secondary N) is 1. The Morgan fingerprint density at radius 1 is 1.20 bits per heavy atom. The fourth-order valence-corrected chi connectivity index (χ4v) is 8.02. The van der Waals surface area contributed by atoms with Crippen LogP contribution in [0.1, 0.15) is 31.4 Å². The predicted molar refractivity (Wildman–Crippen MR) is 140 cm³/mol. The molecule has 3 heterocycles. The summed E-state index contributed by atoms with van der Waals surface area (Å²) in [5, 5.41) is 29.8. The van der Waals surface area contributed by atoms with Gasteiger partial charge < -0.3 is 48.6 Å². The van der Waals surface area contributed by atoms with Gasteiger partial charge in [0.05, 0.1) is 51.5 Å². The molecule has 226 valence electrons. The van der Waals surface area contributed by atoms with Crippen molar-refractivity contribution in [3.05, 3.63) is 17.2 Å². The van der Waals surface area contributed by atoms with Gasteiger partial charge in [0.2, 0.25) is 5.28 Å². The lowest BCUT2D eigenvalue weighted by Crippen LogP contribution is -2.43. The number of hydrogen-bond acceptors (Lipinski definition) is 13. The summed E-state index contributed by atoms with van der Waals surface area (Å²) in [6.45, 7) is -0.775. The zero-order valence-electron chi connectivity index (χ0n) is 21.8. The predicted octanol–water partition coefficient (Wildman–Crippen LogP) is 1.10. The molecular formula is C21H34ClN5O11P2. The molecule has 2 fully saturated rings. The van der Waals surface area contributed by atoms with E-state index in [0.29, 0.717) is 18.1 Å². The molecule has 1 saturated carbocycles. The molecule has 0 amide bonds. The summed E-state index contributed by atoms with van der Waals surface area (Å²) in [6, 6.07) is 0.197. The van der Waals surface area contributed by atoms with Crippen molar-refractivity contribution >= 4 is 38.3 Å². The molecule has 2 aromatic heterocycles. The molecule has 1 unspecified atom stereocenters. The summed E-state index contributed by atoms with van der Waals surface area (Å²) in [4.78, 5) is 27.3. The van der Waals surface area contributed by atoms with Gasteiger partial charge >= 0.3 is 15.2 Å². The average Bonchev–Trinajstić information content (AvgIpc) is 3.60. The number of ether oxygens (including phenoxy) is 3. The maximum absolute atomic E-state index is 13.1. The quantitative estimate of drug-likeness (QED) is 0.138. The van der Waals surface area contributed by atoms with Crippen molar-refractivity contribution in [3.8, 4) is 0 Å². The first kappa shape index (κ1) is 31.7. The Bertz CT molecular complexity index is 1240. The first-order valence-electron chi connectivity index (χ1n) is 12.6. The monoisotopic (exact) mass is 629 g/mol. The van der Waals surface area contributed by atoms with Gasteiger partial charge in [0.25, 0.3) is 0 Å². The van der Waals surface area contributed by atoms with E-state index in [1.807, 2.05) is 0 Å². The van der Waals surface area contributed by atoms with E-state index in [2.05, 4.69) is 20.4 Å². The molecule has 0 spiro atoms. The molecular weight excluding hydrogens is 596 g/mol. The van der Waals surface area contributed by atoms with Crippen molar-refractivity contribution in [1.82, 2.24) is 19.6 Å². The summed E-state index contributed by atoms with van der Waals surface area (Å²) >= 11 is 6.16. The van der Waals surface area contributed by atoms with E-state index in [1.54, 1.807) is 0 Å². The lowest BCUT2D eigenvalue weighted by Gasteiger charge is -2.26. The number of rotatable bonds is 15. The molecule has 1 aliphatic carbocycles. The Morgan fingerprint density at radius 2 is 1.93 bits per heavy atom. The first-order chi connectivity index (χ1) is 18.9. The van der Waals surface area contributed by atoms with Crippen LogP contribution in [0, 0.1) is 0 Å². The minimum Gasteiger partial charge on any atom is -0.387 e. The van der Waals surface area contributed by atoms with Crippen LogP contribution in [0.2, 0.25) is 5.28 Å². The van der Waals surface area contributed by atoms with Crippen LogP contribution >= 0.6 is 26.8 Å². The van der Waals surface area contributed by atoms with E-state index in [9.17, 15) is 29.1 Å². The van der Waals surface area contributed by atoms with Gasteiger partial charge in [-0.15, -0.1) is 5.10 Å². The average molecular weight is 630 g/mol. The minimum absolute atomic E-state index is 0.0313. The number of nitrogens with zero attached hydrogens (tertiary/aromatic N) is 4. The van der Waals surface area contributed by atoms with E-state index in [4.69, 9.17) is 34.9 Å². The molecule has 0 bridgehead atoms. The Hall–Kier alpha value is -1.26. The Kier molecular flexibility index (Phi) is 10.6. The highest BCUT2D eigenvalue weighted by Gasteiger charge is 2.52. The Balaban J connectivity index is 1.45. The summed E-state index contributed by atoms with van der Waals surface area (Å²) in [7, 11) is -7.68. The van der Waals surface area contributed by atoms with Crippen LogP contribution in [0.4, 0.5) is 5.82 Å². The fraction of sp³-hybridized carbons (Fsp3) is 0.762. The van der Waals surface area contributed by atoms with Crippen LogP contribution in [0.15, 0.2) is 6.20 Å². The van der Waals surface area contributed by atoms with Gasteiger partial charge in [0.1, 0.15) is 12.2 Å². The minimum atomic E-state index is -4.81. The van der Waals surface area contributed by atoms with Crippen molar-refractivity contribution in [2.45, 2.75) is 49.5 Å². The van der Waals surface area contributed by atoms with Crippen molar-refractivity contribution in [1.29, 1.82) is 0 Å². The number of aliphatic hydroxyl groups excluding tert-OH is 1. The molecule has 16 nitrogen and oxygen atoms in total. The maximum Gasteiger partial charge on any atom is 0.342 e. The molecule has 4 atom stereocenters. The molecule has 5 N–H and O–H groups in total. The van der Waals surface area contributed by atoms with E-state index >= 15 is 0 Å². The summed E-state index contributed by atoms with van der Waals surface area (Å²) in [5.41, 5.74) is -1.67. The summed E-state index contributed by atoms with van der Waals surface area (Å²) < 4.78 is 52.0. The van der Waals surface area contributed by atoms with E-state index in [1.165, 1.54) is 17.8 Å².